The van der Waals surface area contributed by atoms with Crippen LogP contribution in [-0.4, -0.2) is 16.6 Å². The van der Waals surface area contributed by atoms with E-state index in [1.54, 1.807) is 12.2 Å². The highest BCUT2D eigenvalue weighted by atomic mass is 16.4. The highest BCUT2D eigenvalue weighted by Gasteiger charge is 2.31. The fourth-order valence-corrected chi connectivity index (χ4v) is 0.944. The van der Waals surface area contributed by atoms with Gasteiger partial charge in [-0.05, 0) is 18.6 Å². The van der Waals surface area contributed by atoms with E-state index in [1.807, 2.05) is 0 Å². The Kier molecular flexibility index (Phi) is 1.70. The Morgan fingerprint density at radius 2 is 2.36 bits per heavy atom. The van der Waals surface area contributed by atoms with Crippen LogP contribution < -0.4 is 11.5 Å². The molecule has 0 heterocycles. The van der Waals surface area contributed by atoms with Crippen molar-refractivity contribution in [3.63, 3.8) is 0 Å². The molecule has 0 radical (unpaired) electrons. The summed E-state index contributed by atoms with van der Waals surface area (Å²) in [5.41, 5.74) is 9.96. The molecule has 4 nitrogen and oxygen atoms in total. The molecule has 0 aromatic rings. The second-order valence-corrected chi connectivity index (χ2v) is 2.60. The van der Waals surface area contributed by atoms with Gasteiger partial charge in [-0.15, -0.1) is 0 Å². The van der Waals surface area contributed by atoms with Crippen LogP contribution in [0.15, 0.2) is 23.9 Å². The molecule has 0 spiro atoms. The van der Waals surface area contributed by atoms with Gasteiger partial charge in [-0.3, -0.25) is 0 Å². The van der Waals surface area contributed by atoms with Gasteiger partial charge in [0.05, 0.1) is 0 Å². The third-order valence-corrected chi connectivity index (χ3v) is 1.59. The van der Waals surface area contributed by atoms with E-state index in [0.717, 1.165) is 0 Å². The standard InChI is InChI=1S/C7H10N2O2/c8-5-2-1-3-7(9,4-5)6(10)11/h1-2,4H,3,8-9H2,(H,10,11). The molecule has 11 heavy (non-hydrogen) atoms. The summed E-state index contributed by atoms with van der Waals surface area (Å²) in [4.78, 5) is 10.6. The predicted molar refractivity (Wildman–Crippen MR) is 40.6 cm³/mol. The zero-order valence-electron chi connectivity index (χ0n) is 5.95. The van der Waals surface area contributed by atoms with Crippen molar-refractivity contribution in [2.75, 3.05) is 0 Å². The summed E-state index contributed by atoms with van der Waals surface area (Å²) in [6, 6.07) is 0. The van der Waals surface area contributed by atoms with Gasteiger partial charge in [0, 0.05) is 5.70 Å². The Hall–Kier alpha value is -1.29. The number of carboxylic acid groups (broad SMARTS) is 1. The van der Waals surface area contributed by atoms with Gasteiger partial charge in [0.1, 0.15) is 5.54 Å². The molecule has 1 aliphatic carbocycles. The lowest BCUT2D eigenvalue weighted by Crippen LogP contribution is -2.47. The zero-order valence-corrected chi connectivity index (χ0v) is 5.95. The molecule has 0 aliphatic heterocycles. The van der Waals surface area contributed by atoms with Crippen LogP contribution in [0.1, 0.15) is 6.42 Å². The Labute approximate surface area is 64.2 Å². The molecule has 0 saturated carbocycles. The van der Waals surface area contributed by atoms with Crippen LogP contribution in [0.5, 0.6) is 0 Å². The van der Waals surface area contributed by atoms with Crippen molar-refractivity contribution in [1.29, 1.82) is 0 Å². The summed E-state index contributed by atoms with van der Waals surface area (Å²) < 4.78 is 0. The molecule has 0 aromatic heterocycles. The summed E-state index contributed by atoms with van der Waals surface area (Å²) in [5, 5.41) is 8.66. The van der Waals surface area contributed by atoms with E-state index in [9.17, 15) is 4.79 Å². The van der Waals surface area contributed by atoms with Crippen LogP contribution in [0.25, 0.3) is 0 Å². The first-order chi connectivity index (χ1) is 5.04. The predicted octanol–water partition coefficient (Wildman–Crippen LogP) is -0.429. The minimum absolute atomic E-state index is 0.295. The molecular formula is C7H10N2O2. The van der Waals surface area contributed by atoms with Crippen LogP contribution >= 0.6 is 0 Å². The summed E-state index contributed by atoms with van der Waals surface area (Å²) in [6.45, 7) is 0. The normalized spacial score (nSPS) is 29.7. The van der Waals surface area contributed by atoms with Gasteiger partial charge >= 0.3 is 5.97 Å². The topological polar surface area (TPSA) is 89.3 Å². The van der Waals surface area contributed by atoms with E-state index >= 15 is 0 Å². The van der Waals surface area contributed by atoms with Gasteiger partial charge < -0.3 is 16.6 Å². The molecule has 0 aromatic carbocycles. The summed E-state index contributed by atoms with van der Waals surface area (Å²) >= 11 is 0. The molecular weight excluding hydrogens is 144 g/mol. The summed E-state index contributed by atoms with van der Waals surface area (Å²) in [7, 11) is 0. The number of aliphatic carboxylic acids is 1. The third-order valence-electron chi connectivity index (χ3n) is 1.59. The van der Waals surface area contributed by atoms with Crippen molar-refractivity contribution in [1.82, 2.24) is 0 Å². The van der Waals surface area contributed by atoms with Crippen molar-refractivity contribution >= 4 is 5.97 Å². The van der Waals surface area contributed by atoms with Crippen LogP contribution in [0, 0.1) is 0 Å². The largest absolute Gasteiger partial charge is 0.480 e. The number of hydrogen-bond acceptors (Lipinski definition) is 3. The van der Waals surface area contributed by atoms with Crippen LogP contribution in [0.4, 0.5) is 0 Å². The van der Waals surface area contributed by atoms with Gasteiger partial charge in [0.25, 0.3) is 0 Å². The molecule has 1 aliphatic rings. The quantitative estimate of drug-likeness (QED) is 0.478. The van der Waals surface area contributed by atoms with Crippen LogP contribution in [-0.2, 0) is 4.79 Å². The number of rotatable bonds is 1. The van der Waals surface area contributed by atoms with E-state index in [2.05, 4.69) is 0 Å². The smallest absolute Gasteiger partial charge is 0.328 e. The van der Waals surface area contributed by atoms with Gasteiger partial charge in [-0.1, -0.05) is 6.08 Å². The minimum atomic E-state index is -1.31. The summed E-state index contributed by atoms with van der Waals surface area (Å²) in [6.07, 6.45) is 4.95. The van der Waals surface area contributed by atoms with Crippen molar-refractivity contribution in [3.8, 4) is 0 Å². The second-order valence-electron chi connectivity index (χ2n) is 2.60. The maximum absolute atomic E-state index is 10.6. The molecule has 4 heteroatoms. The molecule has 0 saturated heterocycles. The highest BCUT2D eigenvalue weighted by Crippen LogP contribution is 2.16. The van der Waals surface area contributed by atoms with Gasteiger partial charge in [-0.2, -0.15) is 0 Å². The molecule has 1 rings (SSSR count). The molecule has 60 valence electrons. The first-order valence-electron chi connectivity index (χ1n) is 3.22. The van der Waals surface area contributed by atoms with Crippen molar-refractivity contribution in [2.24, 2.45) is 11.5 Å². The lowest BCUT2D eigenvalue weighted by atomic mass is 9.91. The average molecular weight is 154 g/mol. The number of hydrogen-bond donors (Lipinski definition) is 3. The minimum Gasteiger partial charge on any atom is -0.480 e. The number of allylic oxidation sites excluding steroid dienone is 1. The maximum atomic E-state index is 10.6. The molecule has 0 fully saturated rings. The molecule has 1 unspecified atom stereocenters. The SMILES string of the molecule is NC1=CC(N)(C(=O)O)CC=C1. The molecule has 0 amide bonds. The maximum Gasteiger partial charge on any atom is 0.328 e. The van der Waals surface area contributed by atoms with Gasteiger partial charge in [0.15, 0.2) is 0 Å². The fraction of sp³-hybridized carbons (Fsp3) is 0.286. The van der Waals surface area contributed by atoms with E-state index in [-0.39, 0.29) is 0 Å². The number of carbonyl (C=O) groups is 1. The molecule has 1 atom stereocenters. The first kappa shape index (κ1) is 7.81. The molecule has 5 N–H and O–H groups in total. The van der Waals surface area contributed by atoms with Crippen LogP contribution in [0.3, 0.4) is 0 Å². The number of carboxylic acids is 1. The van der Waals surface area contributed by atoms with E-state index in [0.29, 0.717) is 12.1 Å². The average Bonchev–Trinajstić information content (AvgIpc) is 1.86. The fourth-order valence-electron chi connectivity index (χ4n) is 0.944. The lowest BCUT2D eigenvalue weighted by molar-refractivity contribution is -0.141. The zero-order chi connectivity index (χ0) is 8.48. The third kappa shape index (κ3) is 1.40. The van der Waals surface area contributed by atoms with Crippen molar-refractivity contribution in [3.05, 3.63) is 23.9 Å². The van der Waals surface area contributed by atoms with E-state index < -0.39 is 11.5 Å². The molecule has 0 bridgehead atoms. The second kappa shape index (κ2) is 2.39. The van der Waals surface area contributed by atoms with Crippen molar-refractivity contribution < 1.29 is 9.90 Å². The number of nitrogens with two attached hydrogens (primary N) is 2. The van der Waals surface area contributed by atoms with Crippen molar-refractivity contribution in [2.45, 2.75) is 12.0 Å². The Balaban J connectivity index is 2.92. The van der Waals surface area contributed by atoms with Crippen LogP contribution in [0.2, 0.25) is 0 Å². The Morgan fingerprint density at radius 1 is 1.73 bits per heavy atom. The first-order valence-corrected chi connectivity index (χ1v) is 3.22. The lowest BCUT2D eigenvalue weighted by Gasteiger charge is -2.21. The van der Waals surface area contributed by atoms with Gasteiger partial charge in [0.2, 0.25) is 0 Å². The van der Waals surface area contributed by atoms with E-state index in [1.165, 1.54) is 6.08 Å². The van der Waals surface area contributed by atoms with E-state index in [4.69, 9.17) is 16.6 Å². The van der Waals surface area contributed by atoms with Gasteiger partial charge in [-0.25, -0.2) is 4.79 Å². The monoisotopic (exact) mass is 154 g/mol. The highest BCUT2D eigenvalue weighted by molar-refractivity contribution is 5.82. The Bertz CT molecular complexity index is 245. The Morgan fingerprint density at radius 3 is 2.73 bits per heavy atom. The summed E-state index contributed by atoms with van der Waals surface area (Å²) in [5.74, 6) is -1.05.